The molecule has 1 aromatic heterocycles. The molecule has 0 N–H and O–H groups in total. The molecule has 1 aliphatic carbocycles. The van der Waals surface area contributed by atoms with Gasteiger partial charge in [-0.25, -0.2) is 9.67 Å². The molecule has 0 radical (unpaired) electrons. The van der Waals surface area contributed by atoms with Gasteiger partial charge in [-0.15, -0.1) is 5.10 Å². The Labute approximate surface area is 141 Å². The number of hydrogen-bond acceptors (Lipinski definition) is 5. The Bertz CT molecular complexity index is 675. The fraction of sp³-hybridized carbons (Fsp3) is 0.529. The number of nitrogens with zero attached hydrogens (tertiary/aromatic N) is 5. The normalized spacial score (nSPS) is 16.2. The van der Waals surface area contributed by atoms with Crippen LogP contribution in [0.4, 0.5) is 5.69 Å². The number of aromatic nitrogens is 3. The van der Waals surface area contributed by atoms with Gasteiger partial charge in [0.05, 0.1) is 11.6 Å². The Kier molecular flexibility index (Phi) is 5.20. The third-order valence-electron chi connectivity index (χ3n) is 4.69. The van der Waals surface area contributed by atoms with Gasteiger partial charge in [0.25, 0.3) is 5.69 Å². The predicted octanol–water partition coefficient (Wildman–Crippen LogP) is 3.47. The van der Waals surface area contributed by atoms with Crippen molar-refractivity contribution < 1.29 is 4.92 Å². The minimum Gasteiger partial charge on any atom is -0.284 e. The highest BCUT2D eigenvalue weighted by Crippen LogP contribution is 2.22. The van der Waals surface area contributed by atoms with Gasteiger partial charge < -0.3 is 0 Å². The molecule has 0 aliphatic heterocycles. The third kappa shape index (κ3) is 3.97. The minimum absolute atomic E-state index is 0.0753. The first-order chi connectivity index (χ1) is 11.6. The third-order valence-corrected chi connectivity index (χ3v) is 4.69. The van der Waals surface area contributed by atoms with Gasteiger partial charge in [-0.05, 0) is 32.0 Å². The average Bonchev–Trinajstić information content (AvgIpc) is 2.87. The molecule has 1 fully saturated rings. The summed E-state index contributed by atoms with van der Waals surface area (Å²) in [4.78, 5) is 17.0. The van der Waals surface area contributed by atoms with E-state index in [1.807, 2.05) is 4.68 Å². The van der Waals surface area contributed by atoms with E-state index >= 15 is 0 Å². The summed E-state index contributed by atoms with van der Waals surface area (Å²) < 4.78 is 1.83. The van der Waals surface area contributed by atoms with Crippen molar-refractivity contribution in [3.8, 4) is 11.4 Å². The highest BCUT2D eigenvalue weighted by Gasteiger charge is 2.17. The largest absolute Gasteiger partial charge is 0.284 e. The van der Waals surface area contributed by atoms with Gasteiger partial charge in [-0.3, -0.25) is 15.0 Å². The molecule has 7 nitrogen and oxygen atoms in total. The van der Waals surface area contributed by atoms with E-state index in [1.165, 1.54) is 50.7 Å². The van der Waals surface area contributed by atoms with E-state index in [0.717, 1.165) is 5.56 Å². The summed E-state index contributed by atoms with van der Waals surface area (Å²) in [6, 6.07) is 6.95. The van der Waals surface area contributed by atoms with Gasteiger partial charge in [-0.2, -0.15) is 0 Å². The smallest absolute Gasteiger partial charge is 0.269 e. The average molecular weight is 329 g/mol. The van der Waals surface area contributed by atoms with Crippen molar-refractivity contribution in [2.75, 3.05) is 7.05 Å². The quantitative estimate of drug-likeness (QED) is 0.477. The van der Waals surface area contributed by atoms with Crippen LogP contribution in [0.5, 0.6) is 0 Å². The van der Waals surface area contributed by atoms with Crippen LogP contribution < -0.4 is 0 Å². The van der Waals surface area contributed by atoms with E-state index in [-0.39, 0.29) is 5.69 Å². The Morgan fingerprint density at radius 3 is 2.50 bits per heavy atom. The zero-order valence-electron chi connectivity index (χ0n) is 14.0. The lowest BCUT2D eigenvalue weighted by atomic mass is 10.1. The van der Waals surface area contributed by atoms with E-state index < -0.39 is 4.92 Å². The summed E-state index contributed by atoms with van der Waals surface area (Å²) in [7, 11) is 2.14. The van der Waals surface area contributed by atoms with Crippen LogP contribution in [0.1, 0.15) is 38.5 Å². The van der Waals surface area contributed by atoms with Crippen molar-refractivity contribution in [1.29, 1.82) is 0 Å². The molecule has 0 amide bonds. The number of rotatable bonds is 5. The molecule has 0 saturated heterocycles. The molecule has 1 saturated carbocycles. The molecule has 0 spiro atoms. The first kappa shape index (κ1) is 16.6. The number of hydrogen-bond donors (Lipinski definition) is 0. The van der Waals surface area contributed by atoms with Crippen LogP contribution in [0.3, 0.4) is 0 Å². The molecule has 1 heterocycles. The standard InChI is InChI=1S/C17H23N5O2/c1-20(15-6-4-2-3-5-7-15)13-21-12-18-17(19-21)14-8-10-16(11-9-14)22(23)24/h8-12,15H,2-7,13H2,1H3. The zero-order chi connectivity index (χ0) is 16.9. The molecule has 1 aliphatic rings. The van der Waals surface area contributed by atoms with E-state index in [4.69, 9.17) is 0 Å². The fourth-order valence-corrected chi connectivity index (χ4v) is 3.27. The summed E-state index contributed by atoms with van der Waals surface area (Å²) >= 11 is 0. The Balaban J connectivity index is 1.65. The maximum atomic E-state index is 10.7. The summed E-state index contributed by atoms with van der Waals surface area (Å²) in [6.07, 6.45) is 9.53. The van der Waals surface area contributed by atoms with Crippen LogP contribution in [0.25, 0.3) is 11.4 Å². The molecule has 0 atom stereocenters. The molecule has 2 aromatic rings. The number of nitro benzene ring substituents is 1. The molecule has 3 rings (SSSR count). The molecule has 128 valence electrons. The van der Waals surface area contributed by atoms with Gasteiger partial charge in [0.15, 0.2) is 5.82 Å². The van der Waals surface area contributed by atoms with Crippen LogP contribution in [-0.2, 0) is 6.67 Å². The second-order valence-corrected chi connectivity index (χ2v) is 6.46. The highest BCUT2D eigenvalue weighted by molar-refractivity contribution is 5.56. The maximum Gasteiger partial charge on any atom is 0.269 e. The predicted molar refractivity (Wildman–Crippen MR) is 91.4 cm³/mol. The van der Waals surface area contributed by atoms with Gasteiger partial charge in [0.2, 0.25) is 0 Å². The minimum atomic E-state index is -0.405. The van der Waals surface area contributed by atoms with E-state index in [9.17, 15) is 10.1 Å². The van der Waals surface area contributed by atoms with Crippen molar-refractivity contribution in [3.63, 3.8) is 0 Å². The van der Waals surface area contributed by atoms with Crippen LogP contribution in [0.2, 0.25) is 0 Å². The summed E-state index contributed by atoms with van der Waals surface area (Å²) in [5, 5.41) is 15.2. The molecular formula is C17H23N5O2. The Morgan fingerprint density at radius 2 is 1.88 bits per heavy atom. The Morgan fingerprint density at radius 1 is 1.21 bits per heavy atom. The second kappa shape index (κ2) is 7.53. The lowest BCUT2D eigenvalue weighted by molar-refractivity contribution is -0.384. The molecular weight excluding hydrogens is 306 g/mol. The van der Waals surface area contributed by atoms with Crippen LogP contribution in [0, 0.1) is 10.1 Å². The summed E-state index contributed by atoms with van der Waals surface area (Å²) in [5.74, 6) is 0.596. The van der Waals surface area contributed by atoms with E-state index in [0.29, 0.717) is 18.5 Å². The number of benzene rings is 1. The first-order valence-corrected chi connectivity index (χ1v) is 8.48. The van der Waals surface area contributed by atoms with Gasteiger partial charge in [-0.1, -0.05) is 25.7 Å². The van der Waals surface area contributed by atoms with Crippen molar-refractivity contribution in [3.05, 3.63) is 40.7 Å². The maximum absolute atomic E-state index is 10.7. The van der Waals surface area contributed by atoms with Crippen molar-refractivity contribution in [2.45, 2.75) is 51.2 Å². The zero-order valence-corrected chi connectivity index (χ0v) is 14.0. The van der Waals surface area contributed by atoms with Crippen molar-refractivity contribution in [1.82, 2.24) is 19.7 Å². The monoisotopic (exact) mass is 329 g/mol. The number of non-ortho nitro benzene ring substituents is 1. The Hall–Kier alpha value is -2.28. The highest BCUT2D eigenvalue weighted by atomic mass is 16.6. The van der Waals surface area contributed by atoms with Crippen LogP contribution in [-0.4, -0.2) is 37.7 Å². The molecule has 0 bridgehead atoms. The lowest BCUT2D eigenvalue weighted by Crippen LogP contribution is -2.33. The molecule has 1 aromatic carbocycles. The molecule has 7 heteroatoms. The van der Waals surface area contributed by atoms with Crippen molar-refractivity contribution in [2.24, 2.45) is 0 Å². The van der Waals surface area contributed by atoms with Gasteiger partial charge in [0.1, 0.15) is 6.33 Å². The van der Waals surface area contributed by atoms with Gasteiger partial charge in [0, 0.05) is 23.7 Å². The fourth-order valence-electron chi connectivity index (χ4n) is 3.27. The van der Waals surface area contributed by atoms with Crippen LogP contribution >= 0.6 is 0 Å². The summed E-state index contributed by atoms with van der Waals surface area (Å²) in [5.41, 5.74) is 0.864. The number of nitro groups is 1. The first-order valence-electron chi connectivity index (χ1n) is 8.48. The molecule has 24 heavy (non-hydrogen) atoms. The van der Waals surface area contributed by atoms with E-state index in [1.54, 1.807) is 18.5 Å². The summed E-state index contributed by atoms with van der Waals surface area (Å²) in [6.45, 7) is 0.713. The molecule has 0 unspecified atom stereocenters. The second-order valence-electron chi connectivity index (χ2n) is 6.46. The van der Waals surface area contributed by atoms with Crippen molar-refractivity contribution >= 4 is 5.69 Å². The lowest BCUT2D eigenvalue weighted by Gasteiger charge is -2.26. The van der Waals surface area contributed by atoms with Crippen LogP contribution in [0.15, 0.2) is 30.6 Å². The SMILES string of the molecule is CN(Cn1cnc(-c2ccc([N+](=O)[O-])cc2)n1)C1CCCCCC1. The topological polar surface area (TPSA) is 77.1 Å². The van der Waals surface area contributed by atoms with Gasteiger partial charge >= 0.3 is 0 Å². The van der Waals surface area contributed by atoms with E-state index in [2.05, 4.69) is 22.0 Å².